The van der Waals surface area contributed by atoms with Crippen molar-refractivity contribution in [2.75, 3.05) is 17.3 Å². The maximum absolute atomic E-state index is 12.6. The van der Waals surface area contributed by atoms with Crippen LogP contribution in [0.15, 0.2) is 58.1 Å². The fourth-order valence-corrected chi connectivity index (χ4v) is 3.93. The van der Waals surface area contributed by atoms with E-state index in [0.717, 1.165) is 16.8 Å². The molecule has 2 aromatic carbocycles. The van der Waals surface area contributed by atoms with Gasteiger partial charge in [-0.05, 0) is 36.8 Å². The first kappa shape index (κ1) is 22.6. The fourth-order valence-electron chi connectivity index (χ4n) is 3.35. The molecule has 8 nitrogen and oxygen atoms in total. The van der Waals surface area contributed by atoms with Gasteiger partial charge in [0.05, 0.1) is 0 Å². The van der Waals surface area contributed by atoms with Gasteiger partial charge in [0.2, 0.25) is 11.7 Å². The van der Waals surface area contributed by atoms with Crippen LogP contribution < -0.4 is 11.1 Å². The number of aromatic nitrogens is 4. The summed E-state index contributed by atoms with van der Waals surface area (Å²) in [5, 5.41) is 12.1. The number of rotatable bonds is 7. The highest BCUT2D eigenvalue weighted by molar-refractivity contribution is 7.98. The molecule has 0 unspecified atom stereocenters. The van der Waals surface area contributed by atoms with Gasteiger partial charge in [-0.2, -0.15) is 10.1 Å². The highest BCUT2D eigenvalue weighted by atomic mass is 32.2. The van der Waals surface area contributed by atoms with Crippen molar-refractivity contribution in [3.05, 3.63) is 59.7 Å². The van der Waals surface area contributed by atoms with Gasteiger partial charge in [-0.1, -0.05) is 61.0 Å². The minimum Gasteiger partial charge on any atom is -0.383 e. The number of amides is 1. The van der Waals surface area contributed by atoms with Crippen LogP contribution in [0.5, 0.6) is 0 Å². The second kappa shape index (κ2) is 9.50. The summed E-state index contributed by atoms with van der Waals surface area (Å²) in [5.74, 6) is 1.23. The average Bonchev–Trinajstić information content (AvgIpc) is 3.39. The van der Waals surface area contributed by atoms with Crippen LogP contribution in [0.25, 0.3) is 22.8 Å². The molecule has 0 saturated carbocycles. The van der Waals surface area contributed by atoms with E-state index in [1.165, 1.54) is 22.0 Å². The van der Waals surface area contributed by atoms with Gasteiger partial charge in [-0.25, -0.2) is 4.68 Å². The summed E-state index contributed by atoms with van der Waals surface area (Å²) in [5.41, 5.74) is 10.8. The number of thioether (sulfide) groups is 1. The number of aryl methyl sites for hydroxylation is 1. The largest absolute Gasteiger partial charge is 0.383 e. The minimum absolute atomic E-state index is 0.0374. The molecular formula is C24H26N6O2S. The summed E-state index contributed by atoms with van der Waals surface area (Å²) in [6.45, 7) is 6.23. The first-order valence-corrected chi connectivity index (χ1v) is 11.8. The molecule has 0 radical (unpaired) electrons. The zero-order valence-electron chi connectivity index (χ0n) is 19.0. The van der Waals surface area contributed by atoms with Crippen LogP contribution in [0, 0.1) is 6.92 Å². The van der Waals surface area contributed by atoms with Crippen LogP contribution in [-0.4, -0.2) is 32.1 Å². The van der Waals surface area contributed by atoms with E-state index in [-0.39, 0.29) is 18.3 Å². The Hall–Kier alpha value is -3.59. The van der Waals surface area contributed by atoms with Gasteiger partial charge in [-0.3, -0.25) is 4.79 Å². The van der Waals surface area contributed by atoms with Crippen LogP contribution in [0.1, 0.15) is 30.9 Å². The van der Waals surface area contributed by atoms with Crippen LogP contribution in [0.3, 0.4) is 0 Å². The molecule has 33 heavy (non-hydrogen) atoms. The highest BCUT2D eigenvalue weighted by Gasteiger charge is 2.23. The fraction of sp³-hybridized carbons (Fsp3) is 0.250. The maximum atomic E-state index is 12.6. The number of nitrogens with zero attached hydrogens (tertiary/aromatic N) is 4. The lowest BCUT2D eigenvalue weighted by Crippen LogP contribution is -2.20. The van der Waals surface area contributed by atoms with E-state index in [2.05, 4.69) is 34.4 Å². The van der Waals surface area contributed by atoms with E-state index >= 15 is 0 Å². The SMILES string of the molecule is CSc1nn(CC(=O)Nc2ccc(C(C)C)cc2)c(N)c1-c1nc(-c2ccc(C)cc2)no1. The van der Waals surface area contributed by atoms with Gasteiger partial charge in [0.15, 0.2) is 0 Å². The predicted octanol–water partition coefficient (Wildman–Crippen LogP) is 4.97. The Kier molecular flexibility index (Phi) is 6.50. The number of hydrogen-bond acceptors (Lipinski definition) is 7. The molecule has 0 fully saturated rings. The molecule has 0 bridgehead atoms. The van der Waals surface area contributed by atoms with Gasteiger partial charge in [0.1, 0.15) is 23.0 Å². The third kappa shape index (κ3) is 4.93. The Morgan fingerprint density at radius 2 is 1.85 bits per heavy atom. The number of benzene rings is 2. The van der Waals surface area contributed by atoms with E-state index in [1.807, 2.05) is 61.7 Å². The lowest BCUT2D eigenvalue weighted by atomic mass is 10.0. The van der Waals surface area contributed by atoms with Gasteiger partial charge >= 0.3 is 0 Å². The summed E-state index contributed by atoms with van der Waals surface area (Å²) in [7, 11) is 0. The molecule has 0 aliphatic rings. The summed E-state index contributed by atoms with van der Waals surface area (Å²) >= 11 is 1.40. The molecule has 3 N–H and O–H groups in total. The second-order valence-electron chi connectivity index (χ2n) is 8.04. The quantitative estimate of drug-likeness (QED) is 0.373. The van der Waals surface area contributed by atoms with E-state index in [0.29, 0.717) is 28.1 Å². The Balaban J connectivity index is 1.54. The number of nitrogens with two attached hydrogens (primary N) is 1. The molecular weight excluding hydrogens is 436 g/mol. The topological polar surface area (TPSA) is 112 Å². The third-order valence-electron chi connectivity index (χ3n) is 5.26. The van der Waals surface area contributed by atoms with Crippen molar-refractivity contribution < 1.29 is 9.32 Å². The molecule has 4 rings (SSSR count). The molecule has 0 saturated heterocycles. The molecule has 0 aliphatic carbocycles. The van der Waals surface area contributed by atoms with E-state index in [1.54, 1.807) is 0 Å². The molecule has 170 valence electrons. The first-order chi connectivity index (χ1) is 15.9. The molecule has 1 amide bonds. The van der Waals surface area contributed by atoms with Crippen molar-refractivity contribution in [2.24, 2.45) is 0 Å². The molecule has 0 spiro atoms. The third-order valence-corrected chi connectivity index (χ3v) is 5.93. The number of hydrogen-bond donors (Lipinski definition) is 2. The van der Waals surface area contributed by atoms with Crippen molar-refractivity contribution in [3.63, 3.8) is 0 Å². The van der Waals surface area contributed by atoms with Crippen molar-refractivity contribution in [1.29, 1.82) is 0 Å². The predicted molar refractivity (Wildman–Crippen MR) is 131 cm³/mol. The van der Waals surface area contributed by atoms with E-state index in [9.17, 15) is 4.79 Å². The molecule has 2 heterocycles. The van der Waals surface area contributed by atoms with Gasteiger partial charge in [0, 0.05) is 11.3 Å². The zero-order valence-corrected chi connectivity index (χ0v) is 19.8. The first-order valence-electron chi connectivity index (χ1n) is 10.6. The Morgan fingerprint density at radius 1 is 1.15 bits per heavy atom. The lowest BCUT2D eigenvalue weighted by Gasteiger charge is -2.09. The minimum atomic E-state index is -0.230. The van der Waals surface area contributed by atoms with E-state index < -0.39 is 0 Å². The van der Waals surface area contributed by atoms with Gasteiger partial charge < -0.3 is 15.6 Å². The number of carbonyl (C=O) groups excluding carboxylic acids is 1. The second-order valence-corrected chi connectivity index (χ2v) is 8.84. The Labute approximate surface area is 196 Å². The van der Waals surface area contributed by atoms with Crippen molar-refractivity contribution >= 4 is 29.2 Å². The van der Waals surface area contributed by atoms with Gasteiger partial charge in [-0.15, -0.1) is 11.8 Å². The summed E-state index contributed by atoms with van der Waals surface area (Å²) in [6.07, 6.45) is 1.88. The number of anilines is 2. The van der Waals surface area contributed by atoms with Crippen LogP contribution in [0.4, 0.5) is 11.5 Å². The number of nitrogens with one attached hydrogen (secondary N) is 1. The smallest absolute Gasteiger partial charge is 0.264 e. The van der Waals surface area contributed by atoms with Crippen LogP contribution in [-0.2, 0) is 11.3 Å². The molecule has 9 heteroatoms. The van der Waals surface area contributed by atoms with Gasteiger partial charge in [0.25, 0.3) is 5.89 Å². The normalized spacial score (nSPS) is 11.2. The standard InChI is InChI=1S/C24H26N6O2S/c1-14(2)16-9-11-18(12-10-16)26-19(31)13-30-21(25)20(24(28-30)33-4)23-27-22(29-32-23)17-7-5-15(3)6-8-17/h5-12,14H,13,25H2,1-4H3,(H,26,31). The summed E-state index contributed by atoms with van der Waals surface area (Å²) in [6, 6.07) is 15.6. The number of nitrogen functional groups attached to an aromatic ring is 1. The van der Waals surface area contributed by atoms with Crippen molar-refractivity contribution in [1.82, 2.24) is 19.9 Å². The molecule has 4 aromatic rings. The Bertz CT molecular complexity index is 1260. The summed E-state index contributed by atoms with van der Waals surface area (Å²) in [4.78, 5) is 17.1. The van der Waals surface area contributed by atoms with Crippen molar-refractivity contribution in [3.8, 4) is 22.8 Å². The molecule has 0 aliphatic heterocycles. The zero-order chi connectivity index (χ0) is 23.5. The van der Waals surface area contributed by atoms with Crippen LogP contribution in [0.2, 0.25) is 0 Å². The lowest BCUT2D eigenvalue weighted by molar-refractivity contribution is -0.116. The highest BCUT2D eigenvalue weighted by Crippen LogP contribution is 2.35. The molecule has 0 atom stereocenters. The Morgan fingerprint density at radius 3 is 2.48 bits per heavy atom. The summed E-state index contributed by atoms with van der Waals surface area (Å²) < 4.78 is 6.95. The average molecular weight is 463 g/mol. The molecule has 2 aromatic heterocycles. The maximum Gasteiger partial charge on any atom is 0.264 e. The monoisotopic (exact) mass is 462 g/mol. The van der Waals surface area contributed by atoms with Crippen LogP contribution >= 0.6 is 11.8 Å². The number of carbonyl (C=O) groups is 1. The van der Waals surface area contributed by atoms with E-state index in [4.69, 9.17) is 10.3 Å². The van der Waals surface area contributed by atoms with Crippen molar-refractivity contribution in [2.45, 2.75) is 38.3 Å².